The van der Waals surface area contributed by atoms with Gasteiger partial charge in [-0.2, -0.15) is 5.26 Å². The average molecular weight is 417 g/mol. The second-order valence-corrected chi connectivity index (χ2v) is 6.60. The van der Waals surface area contributed by atoms with E-state index < -0.39 is 6.04 Å². The molecule has 0 fully saturated rings. The number of amides is 1. The van der Waals surface area contributed by atoms with Crippen molar-refractivity contribution in [3.05, 3.63) is 57.6 Å². The summed E-state index contributed by atoms with van der Waals surface area (Å²) in [5.74, 6) is 3.21. The molecule has 1 atom stereocenters. The number of terminal acetylenes is 1. The van der Waals surface area contributed by atoms with E-state index in [9.17, 15) is 10.1 Å². The topological polar surface area (TPSA) is 71.3 Å². The molecule has 0 radical (unpaired) electrons. The van der Waals surface area contributed by atoms with Crippen molar-refractivity contribution in [1.29, 1.82) is 5.26 Å². The van der Waals surface area contributed by atoms with Crippen LogP contribution in [0.4, 0.5) is 0 Å². The Balaban J connectivity index is 1.98. The summed E-state index contributed by atoms with van der Waals surface area (Å²) in [6.45, 7) is 0.141. The standard InChI is InChI=1S/C21H18Cl2N2O3/c1-3-10-28-19-8-4-14(11-20(19)27-2)5-9-21(26)25-18(13-24)15-6-7-16(22)17(23)12-15/h1,4,6-8,11-12,18H,5,9-10H2,2H3,(H,25,26). The van der Waals surface area contributed by atoms with Crippen molar-refractivity contribution >= 4 is 29.1 Å². The fourth-order valence-electron chi connectivity index (χ4n) is 2.48. The molecule has 0 aliphatic rings. The van der Waals surface area contributed by atoms with E-state index in [0.717, 1.165) is 5.56 Å². The molecule has 7 heteroatoms. The summed E-state index contributed by atoms with van der Waals surface area (Å²) in [7, 11) is 1.53. The minimum absolute atomic E-state index is 0.141. The van der Waals surface area contributed by atoms with E-state index >= 15 is 0 Å². The molecule has 0 heterocycles. The number of carbonyl (C=O) groups is 1. The first kappa shape index (κ1) is 21.4. The zero-order valence-corrected chi connectivity index (χ0v) is 16.7. The highest BCUT2D eigenvalue weighted by atomic mass is 35.5. The number of nitriles is 1. The van der Waals surface area contributed by atoms with Gasteiger partial charge in [-0.3, -0.25) is 4.79 Å². The molecular weight excluding hydrogens is 399 g/mol. The Bertz CT molecular complexity index is 932. The summed E-state index contributed by atoms with van der Waals surface area (Å²) in [5, 5.41) is 12.8. The third-order valence-corrected chi connectivity index (χ3v) is 4.63. The van der Waals surface area contributed by atoms with Gasteiger partial charge < -0.3 is 14.8 Å². The molecule has 0 spiro atoms. The van der Waals surface area contributed by atoms with E-state index in [0.29, 0.717) is 33.5 Å². The number of halogens is 2. The SMILES string of the molecule is C#CCOc1ccc(CCC(=O)NC(C#N)c2ccc(Cl)c(Cl)c2)cc1OC. The van der Waals surface area contributed by atoms with Gasteiger partial charge in [0, 0.05) is 6.42 Å². The predicted molar refractivity (Wildman–Crippen MR) is 109 cm³/mol. The number of aryl methyl sites for hydroxylation is 1. The van der Waals surface area contributed by atoms with Crippen molar-refractivity contribution < 1.29 is 14.3 Å². The number of carbonyl (C=O) groups excluding carboxylic acids is 1. The third kappa shape index (κ3) is 5.82. The van der Waals surface area contributed by atoms with Crippen LogP contribution in [0.5, 0.6) is 11.5 Å². The van der Waals surface area contributed by atoms with Crippen LogP contribution in [0.3, 0.4) is 0 Å². The summed E-state index contributed by atoms with van der Waals surface area (Å²) >= 11 is 11.9. The zero-order chi connectivity index (χ0) is 20.5. The van der Waals surface area contributed by atoms with E-state index in [1.807, 2.05) is 6.07 Å². The van der Waals surface area contributed by atoms with Crippen molar-refractivity contribution in [2.24, 2.45) is 0 Å². The van der Waals surface area contributed by atoms with Gasteiger partial charge in [-0.25, -0.2) is 0 Å². The lowest BCUT2D eigenvalue weighted by molar-refractivity contribution is -0.121. The molecule has 0 saturated heterocycles. The fraction of sp³-hybridized carbons (Fsp3) is 0.238. The van der Waals surface area contributed by atoms with Crippen molar-refractivity contribution in [2.45, 2.75) is 18.9 Å². The van der Waals surface area contributed by atoms with Crippen molar-refractivity contribution in [2.75, 3.05) is 13.7 Å². The quantitative estimate of drug-likeness (QED) is 0.650. The molecule has 1 N–H and O–H groups in total. The van der Waals surface area contributed by atoms with E-state index in [2.05, 4.69) is 17.3 Å². The summed E-state index contributed by atoms with van der Waals surface area (Å²) in [6, 6.07) is 11.4. The maximum atomic E-state index is 12.3. The lowest BCUT2D eigenvalue weighted by atomic mass is 10.1. The molecule has 28 heavy (non-hydrogen) atoms. The molecule has 1 unspecified atom stereocenters. The molecule has 144 valence electrons. The zero-order valence-electron chi connectivity index (χ0n) is 15.2. The van der Waals surface area contributed by atoms with Gasteiger partial charge in [-0.1, -0.05) is 41.3 Å². The lowest BCUT2D eigenvalue weighted by Crippen LogP contribution is -2.27. The number of nitrogens with one attached hydrogen (secondary N) is 1. The molecule has 0 bridgehead atoms. The maximum Gasteiger partial charge on any atom is 0.221 e. The average Bonchev–Trinajstić information content (AvgIpc) is 2.71. The molecule has 0 saturated carbocycles. The van der Waals surface area contributed by atoms with E-state index in [1.54, 1.807) is 30.3 Å². The minimum atomic E-state index is -0.809. The molecular formula is C21H18Cl2N2O3. The van der Waals surface area contributed by atoms with Gasteiger partial charge >= 0.3 is 0 Å². The van der Waals surface area contributed by atoms with Crippen LogP contribution in [0.1, 0.15) is 23.6 Å². The van der Waals surface area contributed by atoms with Crippen LogP contribution in [0, 0.1) is 23.7 Å². The van der Waals surface area contributed by atoms with Crippen molar-refractivity contribution in [3.8, 4) is 29.9 Å². The van der Waals surface area contributed by atoms with Gasteiger partial charge in [0.25, 0.3) is 0 Å². The normalized spacial score (nSPS) is 11.0. The Morgan fingerprint density at radius 2 is 2.00 bits per heavy atom. The fourth-order valence-corrected chi connectivity index (χ4v) is 2.79. The second kappa shape index (κ2) is 10.5. The van der Waals surface area contributed by atoms with Crippen molar-refractivity contribution in [3.63, 3.8) is 0 Å². The van der Waals surface area contributed by atoms with Gasteiger partial charge in [-0.15, -0.1) is 6.42 Å². The maximum absolute atomic E-state index is 12.3. The van der Waals surface area contributed by atoms with Gasteiger partial charge in [-0.05, 0) is 41.8 Å². The Labute approximate surface area is 174 Å². The van der Waals surface area contributed by atoms with Crippen LogP contribution in [-0.2, 0) is 11.2 Å². The van der Waals surface area contributed by atoms with Crippen LogP contribution >= 0.6 is 23.2 Å². The van der Waals surface area contributed by atoms with Crippen LogP contribution in [0.25, 0.3) is 0 Å². The van der Waals surface area contributed by atoms with Gasteiger partial charge in [0.15, 0.2) is 11.5 Å². The Kier molecular flexibility index (Phi) is 8.02. The monoisotopic (exact) mass is 416 g/mol. The molecule has 2 aromatic rings. The first-order chi connectivity index (χ1) is 13.5. The van der Waals surface area contributed by atoms with Gasteiger partial charge in [0.2, 0.25) is 5.91 Å². The Hall–Kier alpha value is -2.86. The minimum Gasteiger partial charge on any atom is -0.493 e. The molecule has 2 aromatic carbocycles. The first-order valence-electron chi connectivity index (χ1n) is 8.35. The van der Waals surface area contributed by atoms with E-state index in [1.165, 1.54) is 7.11 Å². The Morgan fingerprint density at radius 3 is 2.64 bits per heavy atom. The highest BCUT2D eigenvalue weighted by Crippen LogP contribution is 2.29. The molecule has 0 aliphatic carbocycles. The molecule has 1 amide bonds. The number of rotatable bonds is 8. The summed E-state index contributed by atoms with van der Waals surface area (Å²) < 4.78 is 10.7. The number of ether oxygens (including phenoxy) is 2. The number of hydrogen-bond donors (Lipinski definition) is 1. The predicted octanol–water partition coefficient (Wildman–Crippen LogP) is 4.33. The van der Waals surface area contributed by atoms with Crippen LogP contribution in [0.2, 0.25) is 10.0 Å². The largest absolute Gasteiger partial charge is 0.493 e. The highest BCUT2D eigenvalue weighted by Gasteiger charge is 2.15. The summed E-state index contributed by atoms with van der Waals surface area (Å²) in [5.41, 5.74) is 1.46. The first-order valence-corrected chi connectivity index (χ1v) is 9.11. The van der Waals surface area contributed by atoms with Crippen molar-refractivity contribution in [1.82, 2.24) is 5.32 Å². The van der Waals surface area contributed by atoms with Gasteiger partial charge in [0.1, 0.15) is 12.6 Å². The smallest absolute Gasteiger partial charge is 0.221 e. The number of benzene rings is 2. The molecule has 2 rings (SSSR count). The number of nitrogens with zero attached hydrogens (tertiary/aromatic N) is 1. The third-order valence-electron chi connectivity index (χ3n) is 3.89. The molecule has 0 aliphatic heterocycles. The van der Waals surface area contributed by atoms with E-state index in [-0.39, 0.29) is 18.9 Å². The lowest BCUT2D eigenvalue weighted by Gasteiger charge is -2.13. The summed E-state index contributed by atoms with van der Waals surface area (Å²) in [4.78, 5) is 12.3. The van der Waals surface area contributed by atoms with E-state index in [4.69, 9.17) is 39.1 Å². The molecule has 0 aromatic heterocycles. The number of hydrogen-bond acceptors (Lipinski definition) is 4. The van der Waals surface area contributed by atoms with Crippen LogP contribution in [0.15, 0.2) is 36.4 Å². The van der Waals surface area contributed by atoms with Crippen LogP contribution in [-0.4, -0.2) is 19.6 Å². The summed E-state index contributed by atoms with van der Waals surface area (Å²) in [6.07, 6.45) is 5.86. The Morgan fingerprint density at radius 1 is 1.21 bits per heavy atom. The highest BCUT2D eigenvalue weighted by molar-refractivity contribution is 6.42. The molecule has 5 nitrogen and oxygen atoms in total. The second-order valence-electron chi connectivity index (χ2n) is 5.78. The van der Waals surface area contributed by atoms with Crippen LogP contribution < -0.4 is 14.8 Å². The number of methoxy groups -OCH3 is 1. The van der Waals surface area contributed by atoms with Gasteiger partial charge in [0.05, 0.1) is 23.2 Å².